The predicted molar refractivity (Wildman–Crippen MR) is 86.5 cm³/mol. The summed E-state index contributed by atoms with van der Waals surface area (Å²) >= 11 is 0. The second-order valence-electron chi connectivity index (χ2n) is 6.33. The summed E-state index contributed by atoms with van der Waals surface area (Å²) in [5, 5.41) is 11.6. The summed E-state index contributed by atoms with van der Waals surface area (Å²) in [5.74, 6) is 0.307. The molecule has 22 heavy (non-hydrogen) atoms. The first kappa shape index (κ1) is 15.1. The highest BCUT2D eigenvalue weighted by Crippen LogP contribution is 2.32. The third-order valence-electron chi connectivity index (χ3n) is 4.76. The molecule has 2 aromatic rings. The lowest BCUT2D eigenvalue weighted by atomic mass is 9.99. The number of likely N-dealkylation sites (tertiary alicyclic amines) is 1. The van der Waals surface area contributed by atoms with E-state index in [1.165, 1.54) is 30.2 Å². The van der Waals surface area contributed by atoms with E-state index in [9.17, 15) is 9.90 Å². The van der Waals surface area contributed by atoms with Crippen molar-refractivity contribution in [3.05, 3.63) is 39.2 Å². The van der Waals surface area contributed by atoms with Gasteiger partial charge in [0.25, 0.3) is 0 Å². The van der Waals surface area contributed by atoms with Gasteiger partial charge in [-0.15, -0.1) is 0 Å². The third kappa shape index (κ3) is 2.75. The molecule has 2 heterocycles. The highest BCUT2D eigenvalue weighted by molar-refractivity contribution is 5.86. The van der Waals surface area contributed by atoms with E-state index in [4.69, 9.17) is 4.42 Å². The molecule has 3 rings (SSSR count). The number of piperidine rings is 1. The Morgan fingerprint density at radius 1 is 1.23 bits per heavy atom. The number of hydrogen-bond acceptors (Lipinski definition) is 3. The first-order valence-electron chi connectivity index (χ1n) is 8.22. The maximum absolute atomic E-state index is 11.8. The van der Waals surface area contributed by atoms with Crippen LogP contribution < -0.4 is 10.5 Å². The quantitative estimate of drug-likeness (QED) is 0.852. The number of phenolic OH excluding ortho intramolecular Hbond substituents is 1. The van der Waals surface area contributed by atoms with E-state index in [2.05, 4.69) is 0 Å². The van der Waals surface area contributed by atoms with Crippen LogP contribution >= 0.6 is 0 Å². The Morgan fingerprint density at radius 3 is 2.64 bits per heavy atom. The molecule has 0 amide bonds. The lowest BCUT2D eigenvalue weighted by Crippen LogP contribution is -3.11. The Hall–Kier alpha value is -1.81. The van der Waals surface area contributed by atoms with Gasteiger partial charge in [0.2, 0.25) is 0 Å². The van der Waals surface area contributed by atoms with Crippen molar-refractivity contribution in [1.82, 2.24) is 0 Å². The molecule has 4 nitrogen and oxygen atoms in total. The Kier molecular flexibility index (Phi) is 4.21. The molecule has 2 N–H and O–H groups in total. The molecule has 0 unspecified atom stereocenters. The number of benzene rings is 1. The summed E-state index contributed by atoms with van der Waals surface area (Å²) in [6, 6.07) is 3.48. The molecular weight excluding hydrogens is 278 g/mol. The Morgan fingerprint density at radius 2 is 1.95 bits per heavy atom. The first-order chi connectivity index (χ1) is 10.6. The Bertz CT molecular complexity index is 742. The van der Waals surface area contributed by atoms with Crippen LogP contribution in [0.2, 0.25) is 0 Å². The van der Waals surface area contributed by atoms with E-state index in [0.29, 0.717) is 11.3 Å². The highest BCUT2D eigenvalue weighted by Gasteiger charge is 2.22. The van der Waals surface area contributed by atoms with Crippen LogP contribution in [0.1, 0.15) is 42.9 Å². The van der Waals surface area contributed by atoms with E-state index in [0.717, 1.165) is 48.1 Å². The summed E-state index contributed by atoms with van der Waals surface area (Å²) in [5.41, 5.74) is 2.86. The number of hydrogen-bond donors (Lipinski definition) is 2. The van der Waals surface area contributed by atoms with Gasteiger partial charge in [0.1, 0.15) is 12.3 Å². The molecule has 0 radical (unpaired) electrons. The fraction of sp³-hybridized carbons (Fsp3) is 0.500. The molecule has 1 saturated heterocycles. The molecule has 118 valence electrons. The van der Waals surface area contributed by atoms with E-state index < -0.39 is 0 Å². The molecule has 4 heteroatoms. The van der Waals surface area contributed by atoms with Crippen molar-refractivity contribution in [2.45, 2.75) is 46.1 Å². The van der Waals surface area contributed by atoms with Gasteiger partial charge >= 0.3 is 5.63 Å². The number of quaternary nitrogens is 1. The van der Waals surface area contributed by atoms with Gasteiger partial charge < -0.3 is 14.4 Å². The number of rotatable bonds is 3. The van der Waals surface area contributed by atoms with E-state index in [1.807, 2.05) is 19.9 Å². The maximum Gasteiger partial charge on any atom is 0.336 e. The van der Waals surface area contributed by atoms with Gasteiger partial charge in [0.05, 0.1) is 18.7 Å². The number of fused-ring (bicyclic) bond motifs is 1. The highest BCUT2D eigenvalue weighted by atomic mass is 16.4. The van der Waals surface area contributed by atoms with Gasteiger partial charge in [0, 0.05) is 11.5 Å². The molecule has 1 fully saturated rings. The number of nitrogens with one attached hydrogen (secondary N) is 1. The van der Waals surface area contributed by atoms with Crippen molar-refractivity contribution in [2.75, 3.05) is 13.1 Å². The van der Waals surface area contributed by atoms with Gasteiger partial charge in [-0.25, -0.2) is 4.79 Å². The zero-order valence-electron chi connectivity index (χ0n) is 13.4. The van der Waals surface area contributed by atoms with Crippen LogP contribution in [0.4, 0.5) is 0 Å². The van der Waals surface area contributed by atoms with Crippen LogP contribution in [-0.4, -0.2) is 18.2 Å². The molecule has 0 atom stereocenters. The normalized spacial score (nSPS) is 16.3. The van der Waals surface area contributed by atoms with E-state index >= 15 is 0 Å². The summed E-state index contributed by atoms with van der Waals surface area (Å²) in [4.78, 5) is 13.2. The van der Waals surface area contributed by atoms with Crippen LogP contribution in [0.5, 0.6) is 5.75 Å². The first-order valence-corrected chi connectivity index (χ1v) is 8.22. The molecule has 1 aliphatic rings. The van der Waals surface area contributed by atoms with Gasteiger partial charge in [-0.3, -0.25) is 0 Å². The van der Waals surface area contributed by atoms with Crippen molar-refractivity contribution >= 4 is 11.0 Å². The van der Waals surface area contributed by atoms with Crippen molar-refractivity contribution in [3.63, 3.8) is 0 Å². The van der Waals surface area contributed by atoms with Crippen LogP contribution in [0, 0.1) is 6.92 Å². The van der Waals surface area contributed by atoms with Crippen LogP contribution in [0.15, 0.2) is 21.3 Å². The minimum Gasteiger partial charge on any atom is -0.507 e. The lowest BCUT2D eigenvalue weighted by Gasteiger charge is -2.24. The van der Waals surface area contributed by atoms with Crippen LogP contribution in [0.3, 0.4) is 0 Å². The smallest absolute Gasteiger partial charge is 0.336 e. The fourth-order valence-corrected chi connectivity index (χ4v) is 3.48. The molecule has 0 aliphatic carbocycles. The van der Waals surface area contributed by atoms with Crippen molar-refractivity contribution < 1.29 is 14.4 Å². The average Bonchev–Trinajstić information content (AvgIpc) is 2.51. The zero-order valence-corrected chi connectivity index (χ0v) is 13.4. The van der Waals surface area contributed by atoms with Gasteiger partial charge in [-0.2, -0.15) is 0 Å². The molecule has 1 aliphatic heterocycles. The standard InChI is InChI=1S/C18H23NO3/c1-3-13-10-14-12(2)9-16(20)22-18(14)15(17(13)21)11-19-7-5-4-6-8-19/h9-10,21H,3-8,11H2,1-2H3/p+1. The SMILES string of the molecule is CCc1cc2c(C)cc(=O)oc2c(C[NH+]2CCCCC2)c1O. The molecule has 0 spiro atoms. The third-order valence-corrected chi connectivity index (χ3v) is 4.76. The summed E-state index contributed by atoms with van der Waals surface area (Å²) in [7, 11) is 0. The summed E-state index contributed by atoms with van der Waals surface area (Å²) in [6.45, 7) is 6.92. The van der Waals surface area contributed by atoms with Gasteiger partial charge in [-0.05, 0) is 49.8 Å². The molecule has 0 bridgehead atoms. The average molecular weight is 302 g/mol. The lowest BCUT2D eigenvalue weighted by molar-refractivity contribution is -0.918. The van der Waals surface area contributed by atoms with Crippen molar-refractivity contribution in [3.8, 4) is 5.75 Å². The number of aromatic hydroxyl groups is 1. The predicted octanol–water partition coefficient (Wildman–Crippen LogP) is 1.94. The Balaban J connectivity index is 2.16. The van der Waals surface area contributed by atoms with Crippen LogP contribution in [-0.2, 0) is 13.0 Å². The maximum atomic E-state index is 11.8. The largest absolute Gasteiger partial charge is 0.507 e. The van der Waals surface area contributed by atoms with Gasteiger partial charge in [-0.1, -0.05) is 6.92 Å². The topological polar surface area (TPSA) is 54.9 Å². The molecule has 1 aromatic heterocycles. The van der Waals surface area contributed by atoms with E-state index in [-0.39, 0.29) is 5.63 Å². The number of phenols is 1. The summed E-state index contributed by atoms with van der Waals surface area (Å²) in [6.07, 6.45) is 4.51. The van der Waals surface area contributed by atoms with E-state index in [1.54, 1.807) is 0 Å². The van der Waals surface area contributed by atoms with Gasteiger partial charge in [0.15, 0.2) is 5.58 Å². The summed E-state index contributed by atoms with van der Waals surface area (Å²) < 4.78 is 5.47. The zero-order chi connectivity index (χ0) is 15.7. The minimum atomic E-state index is -0.344. The number of aryl methyl sites for hydroxylation is 2. The second kappa shape index (κ2) is 6.13. The Labute approximate surface area is 130 Å². The monoisotopic (exact) mass is 302 g/mol. The molecular formula is C18H24NO3+. The van der Waals surface area contributed by atoms with Crippen LogP contribution in [0.25, 0.3) is 11.0 Å². The van der Waals surface area contributed by atoms with Crippen molar-refractivity contribution in [1.29, 1.82) is 0 Å². The molecule has 1 aromatic carbocycles. The second-order valence-corrected chi connectivity index (χ2v) is 6.33. The fourth-order valence-electron chi connectivity index (χ4n) is 3.48. The minimum absolute atomic E-state index is 0.307. The molecule has 0 saturated carbocycles. The van der Waals surface area contributed by atoms with Crippen molar-refractivity contribution in [2.24, 2.45) is 0 Å².